The monoisotopic (exact) mass is 608 g/mol. The van der Waals surface area contributed by atoms with Crippen molar-refractivity contribution in [2.45, 2.75) is 15.3 Å². The van der Waals surface area contributed by atoms with Crippen LogP contribution in [0.2, 0.25) is 0 Å². The molecule has 0 bridgehead atoms. The van der Waals surface area contributed by atoms with E-state index < -0.39 is 5.39 Å². The fourth-order valence-corrected chi connectivity index (χ4v) is 1.86. The maximum atomic E-state index is 5.91. The Morgan fingerprint density at radius 2 is 1.08 bits per heavy atom. The molecule has 0 saturated carbocycles. The fraction of sp³-hybridized carbons (Fsp3) is 1.00. The fourth-order valence-electron chi connectivity index (χ4n) is 0.317. The highest BCUT2D eigenvalue weighted by Gasteiger charge is 2.36. The van der Waals surface area contributed by atoms with E-state index in [1.807, 2.05) is 0 Å². The van der Waals surface area contributed by atoms with E-state index in [9.17, 15) is 0 Å². The lowest BCUT2D eigenvalue weighted by Crippen LogP contribution is -2.44. The van der Waals surface area contributed by atoms with Crippen molar-refractivity contribution in [2.24, 2.45) is 0 Å². The molecule has 13 heavy (non-hydrogen) atoms. The lowest BCUT2D eigenvalue weighted by Gasteiger charge is -2.27. The van der Waals surface area contributed by atoms with E-state index in [-0.39, 0.29) is 9.90 Å². The Morgan fingerprint density at radius 3 is 1.23 bits per heavy atom. The molecule has 80 valence electrons. The highest BCUT2D eigenvalue weighted by molar-refractivity contribution is 9.27. The zero-order chi connectivity index (χ0) is 10.9. The van der Waals surface area contributed by atoms with E-state index in [2.05, 4.69) is 101 Å². The van der Waals surface area contributed by atoms with Crippen molar-refractivity contribution < 1.29 is 0 Å². The number of halogens is 8. The maximum absolute atomic E-state index is 5.91. The predicted molar refractivity (Wildman–Crippen MR) is 81.4 cm³/mol. The molecule has 0 aromatic heterocycles. The molecule has 0 aliphatic rings. The molecule has 0 radical (unpaired) electrons. The largest absolute Gasteiger partial charge is 0.287 e. The zero-order valence-corrected chi connectivity index (χ0v) is 16.7. The summed E-state index contributed by atoms with van der Waals surface area (Å²) in [6.45, 7) is 0. The summed E-state index contributed by atoms with van der Waals surface area (Å²) in [6, 6.07) is 0. The van der Waals surface area contributed by atoms with Crippen LogP contribution in [-0.4, -0.2) is 15.3 Å². The van der Waals surface area contributed by atoms with Crippen LogP contribution in [0.4, 0.5) is 0 Å². The Morgan fingerprint density at radius 1 is 0.846 bits per heavy atom. The van der Waals surface area contributed by atoms with Gasteiger partial charge in [-0.25, -0.2) is 0 Å². The molecule has 2 unspecified atom stereocenters. The highest BCUT2D eigenvalue weighted by atomic mass is 79.9. The second-order valence-electron chi connectivity index (χ2n) is 1.98. The van der Waals surface area contributed by atoms with Crippen molar-refractivity contribution in [3.05, 3.63) is 0 Å². The van der Waals surface area contributed by atoms with Gasteiger partial charge in [-0.1, -0.05) is 119 Å². The van der Waals surface area contributed by atoms with E-state index in [1.54, 1.807) is 0 Å². The molecule has 1 N–H and O–H groups in total. The van der Waals surface area contributed by atoms with Crippen LogP contribution in [0.3, 0.4) is 0 Å². The number of rotatable bonds is 4. The summed E-state index contributed by atoms with van der Waals surface area (Å²) < 4.78 is -1.54. The summed E-state index contributed by atoms with van der Waals surface area (Å²) in [4.78, 5) is -0.446. The Labute approximate surface area is 137 Å². The summed E-state index contributed by atoms with van der Waals surface area (Å²) in [7, 11) is 0. The second-order valence-corrected chi connectivity index (χ2v) is 14.0. The third kappa shape index (κ3) is 7.36. The first-order valence-electron chi connectivity index (χ1n) is 2.73. The Hall–Kier alpha value is 3.42. The van der Waals surface area contributed by atoms with Crippen molar-refractivity contribution in [2.75, 3.05) is 0 Å². The molecule has 9 heteroatoms. The quantitative estimate of drug-likeness (QED) is 0.331. The average Bonchev–Trinajstić information content (AvgIpc) is 1.82. The second kappa shape index (κ2) is 6.38. The van der Waals surface area contributed by atoms with E-state index in [0.717, 1.165) is 0 Å². The molecule has 0 aromatic carbocycles. The van der Waals surface area contributed by atoms with Crippen LogP contribution in [0.15, 0.2) is 0 Å². The Bertz CT molecular complexity index is 147. The van der Waals surface area contributed by atoms with Crippen LogP contribution in [0.1, 0.15) is 0 Å². The van der Waals surface area contributed by atoms with Crippen molar-refractivity contribution in [3.8, 4) is 0 Å². The minimum absolute atomic E-state index is 0.223. The third-order valence-electron chi connectivity index (χ3n) is 0.867. The van der Waals surface area contributed by atoms with Gasteiger partial charge in [0.15, 0.2) is 5.39 Å². The zero-order valence-electron chi connectivity index (χ0n) is 5.68. The van der Waals surface area contributed by atoms with Gasteiger partial charge >= 0.3 is 0 Å². The molecule has 2 atom stereocenters. The van der Waals surface area contributed by atoms with E-state index in [1.165, 1.54) is 0 Å². The van der Waals surface area contributed by atoms with Crippen molar-refractivity contribution >= 4 is 119 Å². The van der Waals surface area contributed by atoms with Crippen LogP contribution in [0.5, 0.6) is 0 Å². The molecular weight excluding hydrogens is 612 g/mol. The van der Waals surface area contributed by atoms with Gasteiger partial charge in [-0.3, -0.25) is 5.32 Å². The highest BCUT2D eigenvalue weighted by Crippen LogP contribution is 2.42. The first-order chi connectivity index (χ1) is 5.55. The van der Waals surface area contributed by atoms with Gasteiger partial charge in [0, 0.05) is 0 Å². The van der Waals surface area contributed by atoms with Gasteiger partial charge < -0.3 is 0 Å². The van der Waals surface area contributed by atoms with Crippen molar-refractivity contribution in [1.82, 2.24) is 5.32 Å². The summed E-state index contributed by atoms with van der Waals surface area (Å²) in [6.07, 6.45) is 0. The number of hydrogen-bond donors (Lipinski definition) is 1. The number of hydrogen-bond acceptors (Lipinski definition) is 1. The Kier molecular flexibility index (Phi) is 8.06. The molecule has 1 nitrogen and oxygen atoms in total. The average molecular weight is 615 g/mol. The summed E-state index contributed by atoms with van der Waals surface area (Å²) in [5, 5.41) is 3.04. The van der Waals surface area contributed by atoms with E-state index in [0.29, 0.717) is 0 Å². The molecule has 0 spiro atoms. The normalized spacial score (nSPS) is 18.5. The molecule has 0 rings (SSSR count). The molecule has 0 saturated heterocycles. The molecule has 0 fully saturated rings. The molecule has 0 heterocycles. The van der Waals surface area contributed by atoms with Gasteiger partial charge in [0.2, 0.25) is 0 Å². The van der Waals surface area contributed by atoms with E-state index in [4.69, 9.17) is 23.2 Å². The number of nitrogens with one attached hydrogen (secondary N) is 1. The smallest absolute Gasteiger partial charge is 0.178 e. The van der Waals surface area contributed by atoms with Gasteiger partial charge in [-0.05, 0) is 0 Å². The van der Waals surface area contributed by atoms with Crippen LogP contribution in [0.25, 0.3) is 0 Å². The van der Waals surface area contributed by atoms with Crippen LogP contribution < -0.4 is 5.32 Å². The van der Waals surface area contributed by atoms with Gasteiger partial charge in [-0.2, -0.15) is 0 Å². The van der Waals surface area contributed by atoms with Crippen LogP contribution in [-0.2, 0) is 0 Å². The SMILES string of the molecule is ClC(Br)(Br)C(Br)NC(Br)C(Cl)(Br)Br. The summed E-state index contributed by atoms with van der Waals surface area (Å²) in [5.74, 6) is 0. The van der Waals surface area contributed by atoms with Crippen LogP contribution >= 0.6 is 119 Å². The van der Waals surface area contributed by atoms with Gasteiger partial charge in [0.05, 0.1) is 0 Å². The van der Waals surface area contributed by atoms with Gasteiger partial charge in [0.25, 0.3) is 0 Å². The first-order valence-corrected chi connectivity index (χ1v) is 8.48. The minimum atomic E-state index is -0.770. The maximum Gasteiger partial charge on any atom is 0.178 e. The van der Waals surface area contributed by atoms with Gasteiger partial charge in [-0.15, -0.1) is 0 Å². The predicted octanol–water partition coefficient (Wildman–Crippen LogP) is 5.38. The summed E-state index contributed by atoms with van der Waals surface area (Å²) >= 11 is 31.3. The third-order valence-corrected chi connectivity index (χ3v) is 8.02. The lowest BCUT2D eigenvalue weighted by atomic mass is 10.6. The molecular formula is C4H3Br6Cl2N. The summed E-state index contributed by atoms with van der Waals surface area (Å²) in [5.41, 5.74) is 0. The molecule has 0 amide bonds. The van der Waals surface area contributed by atoms with E-state index >= 15 is 0 Å². The number of alkyl halides is 8. The van der Waals surface area contributed by atoms with Crippen LogP contribution in [0, 0.1) is 0 Å². The van der Waals surface area contributed by atoms with Gasteiger partial charge in [0.1, 0.15) is 9.90 Å². The molecule has 0 aromatic rings. The van der Waals surface area contributed by atoms with Crippen molar-refractivity contribution in [1.29, 1.82) is 0 Å². The topological polar surface area (TPSA) is 12.0 Å². The lowest BCUT2D eigenvalue weighted by molar-refractivity contribution is 0.668. The standard InChI is InChI=1S/C4H3Br6Cl2N/c5-1(3(7,8)11)13-2(6)4(9,10)12/h1-2,13H. The molecule has 0 aliphatic carbocycles. The minimum Gasteiger partial charge on any atom is -0.287 e. The van der Waals surface area contributed by atoms with Crippen molar-refractivity contribution in [3.63, 3.8) is 0 Å². The molecule has 0 aliphatic heterocycles. The Balaban J connectivity index is 4.15. The first kappa shape index (κ1) is 16.4.